The van der Waals surface area contributed by atoms with E-state index in [1.54, 1.807) is 0 Å². The Labute approximate surface area is 241 Å². The Kier molecular flexibility index (Phi) is 7.35. The Balaban J connectivity index is 2.01. The fourth-order valence-corrected chi connectivity index (χ4v) is 9.84. The molecule has 196 valence electrons. The van der Waals surface area contributed by atoms with E-state index in [9.17, 15) is 0 Å². The van der Waals surface area contributed by atoms with Crippen LogP contribution in [0.5, 0.6) is 0 Å². The minimum Gasteiger partial charge on any atom is -0.113 e. The van der Waals surface area contributed by atoms with Crippen molar-refractivity contribution in [3.8, 4) is 0 Å². The van der Waals surface area contributed by atoms with Crippen LogP contribution in [0.2, 0.25) is 39.3 Å². The van der Waals surface area contributed by atoms with E-state index in [2.05, 4.69) is 160 Å². The first kappa shape index (κ1) is 27.4. The van der Waals surface area contributed by atoms with Gasteiger partial charge in [0.15, 0.2) is 0 Å². The van der Waals surface area contributed by atoms with E-state index in [1.807, 2.05) is 0 Å². The quantitative estimate of drug-likeness (QED) is 0.125. The van der Waals surface area contributed by atoms with Gasteiger partial charge in [-0.05, 0) is 44.2 Å². The minimum atomic E-state index is -2.03. The van der Waals surface area contributed by atoms with Crippen LogP contribution in [0, 0.1) is 0 Å². The molecular weight excluding hydrogens is 524 g/mol. The molecule has 0 nitrogen and oxygen atoms in total. The van der Waals surface area contributed by atoms with E-state index in [-0.39, 0.29) is 0 Å². The molecular formula is C36H37ClSi2. The number of alkyl halides is 1. The third-order valence-electron chi connectivity index (χ3n) is 7.63. The van der Waals surface area contributed by atoms with Gasteiger partial charge in [0.2, 0.25) is 0 Å². The molecule has 0 saturated carbocycles. The van der Waals surface area contributed by atoms with Crippen LogP contribution in [0.1, 0.15) is 27.8 Å². The molecule has 1 atom stereocenters. The zero-order chi connectivity index (χ0) is 27.8. The largest absolute Gasteiger partial charge is 0.113 e. The summed E-state index contributed by atoms with van der Waals surface area (Å²) < 4.78 is -0.574. The van der Waals surface area contributed by atoms with Crippen molar-refractivity contribution in [1.82, 2.24) is 0 Å². The van der Waals surface area contributed by atoms with Crippen molar-refractivity contribution in [2.24, 2.45) is 0 Å². The summed E-state index contributed by atoms with van der Waals surface area (Å²) in [7, 11) is -4.03. The Hall–Kier alpha value is -3.14. The third kappa shape index (κ3) is 4.99. The fourth-order valence-electron chi connectivity index (χ4n) is 5.69. The van der Waals surface area contributed by atoms with E-state index in [0.717, 1.165) is 5.57 Å². The molecule has 1 unspecified atom stereocenters. The molecule has 1 aliphatic rings. The Morgan fingerprint density at radius 2 is 1.08 bits per heavy atom. The Morgan fingerprint density at radius 1 is 0.615 bits per heavy atom. The van der Waals surface area contributed by atoms with Crippen LogP contribution in [0.25, 0.3) is 11.1 Å². The molecule has 0 fully saturated rings. The molecule has 0 amide bonds. The molecule has 5 rings (SSSR count). The molecule has 3 heteroatoms. The first-order chi connectivity index (χ1) is 18.5. The third-order valence-corrected chi connectivity index (χ3v) is 14.2. The van der Waals surface area contributed by atoms with Crippen LogP contribution in [0.15, 0.2) is 132 Å². The number of benzene rings is 4. The molecule has 0 radical (unpaired) electrons. The standard InChI is InChI=1S/C36H37ClSi2/c1-38(2,3)33(26-31(27-18-10-7-11-19-27)28-20-12-8-13-21-28)35-34(29-22-14-9-15-23-29)30-24-16-17-25-32(30)36(35,37)39(4,5)6/h7-25H,1-6H3. The second kappa shape index (κ2) is 10.4. The number of halogens is 1. The lowest BCUT2D eigenvalue weighted by atomic mass is 9.96. The van der Waals surface area contributed by atoms with Crippen molar-refractivity contribution in [1.29, 1.82) is 0 Å². The lowest BCUT2D eigenvalue weighted by Crippen LogP contribution is -2.47. The van der Waals surface area contributed by atoms with Gasteiger partial charge in [-0.15, -0.1) is 17.3 Å². The molecule has 1 aliphatic carbocycles. The van der Waals surface area contributed by atoms with Crippen LogP contribution in [0.3, 0.4) is 0 Å². The molecule has 4 aromatic carbocycles. The molecule has 0 spiro atoms. The summed E-state index contributed by atoms with van der Waals surface area (Å²) in [5, 5.41) is 1.30. The van der Waals surface area contributed by atoms with Gasteiger partial charge >= 0.3 is 0 Å². The molecule has 0 bridgehead atoms. The summed E-state index contributed by atoms with van der Waals surface area (Å²) in [6.07, 6.45) is 0. The highest BCUT2D eigenvalue weighted by Crippen LogP contribution is 2.59. The lowest BCUT2D eigenvalue weighted by molar-refractivity contribution is 0.995. The molecule has 4 aromatic rings. The first-order valence-corrected chi connectivity index (χ1v) is 21.1. The van der Waals surface area contributed by atoms with Crippen LogP contribution in [-0.2, 0) is 4.50 Å². The number of fused-ring (bicyclic) bond motifs is 1. The monoisotopic (exact) mass is 560 g/mol. The Bertz CT molecular complexity index is 1540. The Morgan fingerprint density at radius 3 is 1.56 bits per heavy atom. The van der Waals surface area contributed by atoms with Gasteiger partial charge in [-0.25, -0.2) is 0 Å². The van der Waals surface area contributed by atoms with Crippen molar-refractivity contribution < 1.29 is 0 Å². The predicted molar refractivity (Wildman–Crippen MR) is 176 cm³/mol. The average molecular weight is 561 g/mol. The summed E-state index contributed by atoms with van der Waals surface area (Å²) in [5.74, 6) is 0. The maximum absolute atomic E-state index is 8.12. The number of rotatable bonds is 6. The van der Waals surface area contributed by atoms with Gasteiger partial charge in [-0.1, -0.05) is 155 Å². The SMILES string of the molecule is C[Si](C)(C)C(=C=C(c1ccccc1)c1ccccc1)C1=C(c2ccccc2)c2ccccc2C1(Cl)[Si](C)(C)C. The summed E-state index contributed by atoms with van der Waals surface area (Å²) in [4.78, 5) is 0. The van der Waals surface area contributed by atoms with E-state index in [0.29, 0.717) is 0 Å². The highest BCUT2D eigenvalue weighted by molar-refractivity contribution is 6.89. The summed E-state index contributed by atoms with van der Waals surface area (Å²) in [5.41, 5.74) is 13.9. The van der Waals surface area contributed by atoms with Crippen molar-refractivity contribution in [2.75, 3.05) is 0 Å². The molecule has 0 aliphatic heterocycles. The highest BCUT2D eigenvalue weighted by atomic mass is 35.5. The van der Waals surface area contributed by atoms with E-state index in [4.69, 9.17) is 11.6 Å². The zero-order valence-corrected chi connectivity index (χ0v) is 26.6. The van der Waals surface area contributed by atoms with Gasteiger partial charge in [-0.2, -0.15) is 0 Å². The normalized spacial score (nSPS) is 17.0. The number of hydrogen-bond donors (Lipinski definition) is 0. The van der Waals surface area contributed by atoms with Crippen LogP contribution in [-0.4, -0.2) is 16.1 Å². The second-order valence-corrected chi connectivity index (χ2v) is 23.6. The highest BCUT2D eigenvalue weighted by Gasteiger charge is 2.54. The number of hydrogen-bond acceptors (Lipinski definition) is 0. The van der Waals surface area contributed by atoms with Gasteiger partial charge in [0, 0.05) is 5.57 Å². The minimum absolute atomic E-state index is 0.574. The van der Waals surface area contributed by atoms with E-state index < -0.39 is 20.6 Å². The number of allylic oxidation sites excluding steroid dienone is 2. The fraction of sp³-hybridized carbons (Fsp3) is 0.194. The smallest absolute Gasteiger partial charge is 0.0880 e. The van der Waals surface area contributed by atoms with Gasteiger partial charge in [0.1, 0.15) is 0 Å². The predicted octanol–water partition coefficient (Wildman–Crippen LogP) is 10.3. The van der Waals surface area contributed by atoms with E-state index >= 15 is 0 Å². The van der Waals surface area contributed by atoms with Crippen molar-refractivity contribution in [2.45, 2.75) is 43.8 Å². The lowest BCUT2D eigenvalue weighted by Gasteiger charge is -2.41. The molecule has 39 heavy (non-hydrogen) atoms. The van der Waals surface area contributed by atoms with Gasteiger partial charge in [0.05, 0.1) is 20.6 Å². The summed E-state index contributed by atoms with van der Waals surface area (Å²) >= 11 is 8.12. The average Bonchev–Trinajstić information content (AvgIpc) is 3.19. The van der Waals surface area contributed by atoms with Crippen molar-refractivity contribution in [3.05, 3.63) is 160 Å². The summed E-state index contributed by atoms with van der Waals surface area (Å²) in [6.45, 7) is 14.5. The second-order valence-electron chi connectivity index (χ2n) is 12.4. The molecule has 0 heterocycles. The molecule has 0 saturated heterocycles. The zero-order valence-electron chi connectivity index (χ0n) is 23.8. The summed E-state index contributed by atoms with van der Waals surface area (Å²) in [6, 6.07) is 41.0. The van der Waals surface area contributed by atoms with Crippen molar-refractivity contribution in [3.63, 3.8) is 0 Å². The topological polar surface area (TPSA) is 0 Å². The first-order valence-electron chi connectivity index (χ1n) is 13.7. The maximum Gasteiger partial charge on any atom is 0.0880 e. The van der Waals surface area contributed by atoms with Crippen molar-refractivity contribution >= 4 is 38.9 Å². The molecule has 0 aromatic heterocycles. The van der Waals surface area contributed by atoms with Crippen LogP contribution >= 0.6 is 11.6 Å². The van der Waals surface area contributed by atoms with Gasteiger partial charge < -0.3 is 0 Å². The van der Waals surface area contributed by atoms with Gasteiger partial charge in [-0.3, -0.25) is 0 Å². The van der Waals surface area contributed by atoms with E-state index in [1.165, 1.54) is 44.2 Å². The molecule has 0 N–H and O–H groups in total. The van der Waals surface area contributed by atoms with Crippen LogP contribution < -0.4 is 0 Å². The van der Waals surface area contributed by atoms with Crippen LogP contribution in [0.4, 0.5) is 0 Å². The maximum atomic E-state index is 8.12. The van der Waals surface area contributed by atoms with Gasteiger partial charge in [0.25, 0.3) is 0 Å².